The molecule has 6 heteroatoms. The molecule has 0 unspecified atom stereocenters. The predicted octanol–water partition coefficient (Wildman–Crippen LogP) is 4.31. The summed E-state index contributed by atoms with van der Waals surface area (Å²) in [4.78, 5) is 29.8. The van der Waals surface area contributed by atoms with E-state index in [4.69, 9.17) is 5.10 Å². The molecule has 0 spiro atoms. The molecule has 1 fully saturated rings. The summed E-state index contributed by atoms with van der Waals surface area (Å²) in [7, 11) is 1.87. The van der Waals surface area contributed by atoms with Crippen molar-refractivity contribution in [2.24, 2.45) is 5.92 Å². The maximum Gasteiger partial charge on any atom is 0.254 e. The lowest BCUT2D eigenvalue weighted by Crippen LogP contribution is -2.43. The van der Waals surface area contributed by atoms with Gasteiger partial charge in [0.2, 0.25) is 5.91 Å². The van der Waals surface area contributed by atoms with Gasteiger partial charge in [-0.05, 0) is 57.4 Å². The smallest absolute Gasteiger partial charge is 0.254 e. The maximum absolute atomic E-state index is 13.2. The number of benzene rings is 2. The van der Waals surface area contributed by atoms with Gasteiger partial charge in [-0.15, -0.1) is 0 Å². The average molecular weight is 445 g/mol. The van der Waals surface area contributed by atoms with Crippen LogP contribution in [-0.4, -0.2) is 51.5 Å². The molecule has 1 aliphatic heterocycles. The fourth-order valence-corrected chi connectivity index (χ4v) is 4.66. The first-order chi connectivity index (χ1) is 15.9. The number of likely N-dealkylation sites (tertiary alicyclic amines) is 1. The van der Waals surface area contributed by atoms with Crippen LogP contribution in [0.15, 0.2) is 54.6 Å². The third kappa shape index (κ3) is 4.70. The first kappa shape index (κ1) is 22.8. The normalized spacial score (nSPS) is 14.4. The van der Waals surface area contributed by atoms with Crippen molar-refractivity contribution >= 4 is 11.8 Å². The maximum atomic E-state index is 13.2. The van der Waals surface area contributed by atoms with E-state index in [0.29, 0.717) is 32.5 Å². The summed E-state index contributed by atoms with van der Waals surface area (Å²) in [6.07, 6.45) is 1.39. The van der Waals surface area contributed by atoms with Crippen LogP contribution in [-0.2, 0) is 11.3 Å². The Balaban J connectivity index is 1.38. The summed E-state index contributed by atoms with van der Waals surface area (Å²) in [6.45, 7) is 7.77. The van der Waals surface area contributed by atoms with Gasteiger partial charge in [-0.1, -0.05) is 36.4 Å². The molecule has 0 atom stereocenters. The molecule has 3 aromatic rings. The van der Waals surface area contributed by atoms with Crippen LogP contribution in [0.25, 0.3) is 5.69 Å². The zero-order valence-electron chi connectivity index (χ0n) is 19.9. The number of rotatable bonds is 5. The minimum absolute atomic E-state index is 0.0549. The van der Waals surface area contributed by atoms with Crippen LogP contribution < -0.4 is 0 Å². The fourth-order valence-electron chi connectivity index (χ4n) is 4.66. The molecule has 0 saturated carbocycles. The Morgan fingerprint density at radius 3 is 2.27 bits per heavy atom. The molecule has 6 nitrogen and oxygen atoms in total. The van der Waals surface area contributed by atoms with Crippen LogP contribution in [0, 0.1) is 26.7 Å². The number of para-hydroxylation sites is 1. The minimum atomic E-state index is -0.0549. The summed E-state index contributed by atoms with van der Waals surface area (Å²) in [5.41, 5.74) is 5.83. The molecule has 4 rings (SSSR count). The largest absolute Gasteiger partial charge is 0.341 e. The van der Waals surface area contributed by atoms with Crippen LogP contribution in [0.4, 0.5) is 0 Å². The average Bonchev–Trinajstić information content (AvgIpc) is 3.12. The van der Waals surface area contributed by atoms with Gasteiger partial charge in [-0.2, -0.15) is 5.10 Å². The molecular weight excluding hydrogens is 412 g/mol. The van der Waals surface area contributed by atoms with E-state index in [0.717, 1.165) is 33.8 Å². The van der Waals surface area contributed by atoms with Crippen molar-refractivity contribution in [3.05, 3.63) is 82.7 Å². The van der Waals surface area contributed by atoms with Crippen LogP contribution in [0.3, 0.4) is 0 Å². The Morgan fingerprint density at radius 2 is 1.61 bits per heavy atom. The predicted molar refractivity (Wildman–Crippen MR) is 129 cm³/mol. The van der Waals surface area contributed by atoms with Gasteiger partial charge < -0.3 is 9.80 Å². The molecule has 2 heterocycles. The highest BCUT2D eigenvalue weighted by Gasteiger charge is 2.30. The van der Waals surface area contributed by atoms with Crippen molar-refractivity contribution < 1.29 is 9.59 Å². The second-order valence-corrected chi connectivity index (χ2v) is 8.97. The van der Waals surface area contributed by atoms with E-state index in [1.165, 1.54) is 0 Å². The second-order valence-electron chi connectivity index (χ2n) is 8.97. The van der Waals surface area contributed by atoms with Crippen molar-refractivity contribution in [3.63, 3.8) is 0 Å². The summed E-state index contributed by atoms with van der Waals surface area (Å²) < 4.78 is 1.94. The minimum Gasteiger partial charge on any atom is -0.341 e. The fraction of sp³-hybridized carbons (Fsp3) is 0.370. The Bertz CT molecular complexity index is 1140. The zero-order chi connectivity index (χ0) is 23.5. The van der Waals surface area contributed by atoms with Gasteiger partial charge in [0, 0.05) is 49.4 Å². The van der Waals surface area contributed by atoms with E-state index < -0.39 is 0 Å². The van der Waals surface area contributed by atoms with E-state index in [1.807, 2.05) is 90.0 Å². The van der Waals surface area contributed by atoms with E-state index in [1.54, 1.807) is 0 Å². The van der Waals surface area contributed by atoms with Crippen LogP contribution in [0.2, 0.25) is 0 Å². The Kier molecular flexibility index (Phi) is 6.63. The monoisotopic (exact) mass is 444 g/mol. The lowest BCUT2D eigenvalue weighted by molar-refractivity contribution is -0.136. The van der Waals surface area contributed by atoms with E-state index in [2.05, 4.69) is 6.92 Å². The topological polar surface area (TPSA) is 58.4 Å². The van der Waals surface area contributed by atoms with Gasteiger partial charge in [0.25, 0.3) is 5.91 Å². The van der Waals surface area contributed by atoms with E-state index in [9.17, 15) is 9.59 Å². The molecule has 33 heavy (non-hydrogen) atoms. The highest BCUT2D eigenvalue weighted by molar-refractivity contribution is 5.95. The standard InChI is InChI=1S/C27H32N4O2/c1-19-10-8-9-13-24(19)27(33)30-16-14-22(15-17-30)26(32)29(4)18-25-20(2)28-31(21(25)3)23-11-6-5-7-12-23/h5-13,22H,14-18H2,1-4H3. The van der Waals surface area contributed by atoms with Gasteiger partial charge in [0.05, 0.1) is 11.4 Å². The van der Waals surface area contributed by atoms with Crippen molar-refractivity contribution in [2.75, 3.05) is 20.1 Å². The summed E-state index contributed by atoms with van der Waals surface area (Å²) >= 11 is 0. The summed E-state index contributed by atoms with van der Waals surface area (Å²) in [5, 5.41) is 4.71. The van der Waals surface area contributed by atoms with E-state index >= 15 is 0 Å². The molecule has 0 bridgehead atoms. The summed E-state index contributed by atoms with van der Waals surface area (Å²) in [6, 6.07) is 17.7. The number of carbonyl (C=O) groups excluding carboxylic acids is 2. The number of hydrogen-bond acceptors (Lipinski definition) is 3. The summed E-state index contributed by atoms with van der Waals surface area (Å²) in [5.74, 6) is 0.150. The number of hydrogen-bond donors (Lipinski definition) is 0. The zero-order valence-corrected chi connectivity index (χ0v) is 19.9. The number of piperidine rings is 1. The lowest BCUT2D eigenvalue weighted by atomic mass is 9.94. The molecule has 0 aliphatic carbocycles. The van der Waals surface area contributed by atoms with Crippen LogP contribution in [0.1, 0.15) is 45.7 Å². The third-order valence-corrected chi connectivity index (χ3v) is 6.72. The number of carbonyl (C=O) groups is 2. The first-order valence-electron chi connectivity index (χ1n) is 11.6. The second kappa shape index (κ2) is 9.61. The lowest BCUT2D eigenvalue weighted by Gasteiger charge is -2.33. The molecule has 0 N–H and O–H groups in total. The molecule has 172 valence electrons. The Labute approximate surface area is 195 Å². The quantitative estimate of drug-likeness (QED) is 0.589. The molecule has 1 aliphatic rings. The van der Waals surface area contributed by atoms with Gasteiger partial charge in [0.15, 0.2) is 0 Å². The SMILES string of the molecule is Cc1ccccc1C(=O)N1CCC(C(=O)N(C)Cc2c(C)nn(-c3ccccc3)c2C)CC1. The van der Waals surface area contributed by atoms with Gasteiger partial charge in [-0.25, -0.2) is 4.68 Å². The number of aryl methyl sites for hydroxylation is 2. The Hall–Kier alpha value is -3.41. The van der Waals surface area contributed by atoms with Crippen LogP contribution >= 0.6 is 0 Å². The Morgan fingerprint density at radius 1 is 0.970 bits per heavy atom. The van der Waals surface area contributed by atoms with E-state index in [-0.39, 0.29) is 17.7 Å². The highest BCUT2D eigenvalue weighted by atomic mass is 16.2. The van der Waals surface area contributed by atoms with Crippen molar-refractivity contribution in [1.29, 1.82) is 0 Å². The number of amides is 2. The molecule has 1 aromatic heterocycles. The molecule has 2 aromatic carbocycles. The van der Waals surface area contributed by atoms with Crippen molar-refractivity contribution in [2.45, 2.75) is 40.2 Å². The third-order valence-electron chi connectivity index (χ3n) is 6.72. The van der Waals surface area contributed by atoms with Crippen molar-refractivity contribution in [1.82, 2.24) is 19.6 Å². The highest BCUT2D eigenvalue weighted by Crippen LogP contribution is 2.24. The van der Waals surface area contributed by atoms with Crippen molar-refractivity contribution in [3.8, 4) is 5.69 Å². The van der Waals surface area contributed by atoms with Gasteiger partial charge in [0.1, 0.15) is 0 Å². The number of nitrogens with zero attached hydrogens (tertiary/aromatic N) is 4. The molecule has 2 amide bonds. The molecule has 0 radical (unpaired) electrons. The molecular formula is C27H32N4O2. The number of aromatic nitrogens is 2. The van der Waals surface area contributed by atoms with Gasteiger partial charge in [-0.3, -0.25) is 9.59 Å². The molecule has 1 saturated heterocycles. The first-order valence-corrected chi connectivity index (χ1v) is 11.6. The van der Waals surface area contributed by atoms with Crippen LogP contribution in [0.5, 0.6) is 0 Å². The van der Waals surface area contributed by atoms with Gasteiger partial charge >= 0.3 is 0 Å².